The summed E-state index contributed by atoms with van der Waals surface area (Å²) in [6, 6.07) is 5.47. The summed E-state index contributed by atoms with van der Waals surface area (Å²) in [5, 5.41) is 0. The standard InChI is InChI=1S/C8H10ClNO2S/c1-6-3-4-7(2)8(5-6)10-13(9,11)12/h3-5,10H,1-2H3. The average molecular weight is 220 g/mol. The molecule has 0 aliphatic rings. The van der Waals surface area contributed by atoms with Gasteiger partial charge in [-0.2, -0.15) is 8.42 Å². The van der Waals surface area contributed by atoms with Gasteiger partial charge in [-0.3, -0.25) is 4.72 Å². The highest BCUT2D eigenvalue weighted by Gasteiger charge is 2.06. The van der Waals surface area contributed by atoms with Crippen LogP contribution in [0.25, 0.3) is 0 Å². The van der Waals surface area contributed by atoms with Crippen LogP contribution in [0.5, 0.6) is 0 Å². The summed E-state index contributed by atoms with van der Waals surface area (Å²) in [6.07, 6.45) is 0. The van der Waals surface area contributed by atoms with E-state index >= 15 is 0 Å². The van der Waals surface area contributed by atoms with E-state index in [1.54, 1.807) is 6.07 Å². The zero-order valence-electron chi connectivity index (χ0n) is 7.33. The van der Waals surface area contributed by atoms with Crippen molar-refractivity contribution in [2.45, 2.75) is 13.8 Å². The van der Waals surface area contributed by atoms with Crippen LogP contribution in [0.1, 0.15) is 11.1 Å². The van der Waals surface area contributed by atoms with Gasteiger partial charge in [-0.05, 0) is 31.0 Å². The van der Waals surface area contributed by atoms with Gasteiger partial charge >= 0.3 is 9.24 Å². The van der Waals surface area contributed by atoms with Gasteiger partial charge in [0, 0.05) is 10.7 Å². The lowest BCUT2D eigenvalue weighted by molar-refractivity contribution is 0.614. The Kier molecular flexibility index (Phi) is 2.83. The Morgan fingerprint density at radius 2 is 1.92 bits per heavy atom. The number of anilines is 1. The van der Waals surface area contributed by atoms with Crippen molar-refractivity contribution in [3.05, 3.63) is 29.3 Å². The fourth-order valence-electron chi connectivity index (χ4n) is 0.977. The van der Waals surface area contributed by atoms with Crippen LogP contribution >= 0.6 is 10.7 Å². The molecular weight excluding hydrogens is 210 g/mol. The summed E-state index contributed by atoms with van der Waals surface area (Å²) >= 11 is 0. The molecule has 1 rings (SSSR count). The third kappa shape index (κ3) is 3.24. The number of aryl methyl sites for hydroxylation is 2. The van der Waals surface area contributed by atoms with Crippen molar-refractivity contribution in [2.24, 2.45) is 0 Å². The van der Waals surface area contributed by atoms with E-state index < -0.39 is 9.24 Å². The first-order valence-electron chi connectivity index (χ1n) is 3.68. The molecule has 5 heteroatoms. The van der Waals surface area contributed by atoms with Crippen LogP contribution in [0, 0.1) is 13.8 Å². The molecule has 0 amide bonds. The van der Waals surface area contributed by atoms with E-state index in [0.29, 0.717) is 5.69 Å². The van der Waals surface area contributed by atoms with Gasteiger partial charge in [-0.15, -0.1) is 0 Å². The fraction of sp³-hybridized carbons (Fsp3) is 0.250. The molecule has 0 aliphatic heterocycles. The molecule has 3 nitrogen and oxygen atoms in total. The molecule has 1 aromatic carbocycles. The summed E-state index contributed by atoms with van der Waals surface area (Å²) in [5.41, 5.74) is 2.35. The van der Waals surface area contributed by atoms with Crippen LogP contribution in [0.15, 0.2) is 18.2 Å². The molecular formula is C8H10ClNO2S. The number of hydrogen-bond acceptors (Lipinski definition) is 2. The Balaban J connectivity index is 3.08. The van der Waals surface area contributed by atoms with E-state index in [9.17, 15) is 8.42 Å². The highest BCUT2D eigenvalue weighted by atomic mass is 35.7. The molecule has 1 aromatic rings. The first-order valence-corrected chi connectivity index (χ1v) is 5.99. The molecule has 0 fully saturated rings. The van der Waals surface area contributed by atoms with Gasteiger partial charge in [-0.25, -0.2) is 0 Å². The molecule has 72 valence electrons. The minimum absolute atomic E-state index is 0.523. The first-order chi connectivity index (χ1) is 5.88. The Hall–Kier alpha value is -0.740. The largest absolute Gasteiger partial charge is 0.319 e. The van der Waals surface area contributed by atoms with Crippen molar-refractivity contribution in [3.63, 3.8) is 0 Å². The predicted octanol–water partition coefficient (Wildman–Crippen LogP) is 2.20. The second-order valence-electron chi connectivity index (χ2n) is 2.86. The minimum Gasteiger partial charge on any atom is -0.271 e. The summed E-state index contributed by atoms with van der Waals surface area (Å²) in [5.74, 6) is 0. The Morgan fingerprint density at radius 1 is 1.31 bits per heavy atom. The van der Waals surface area contributed by atoms with Gasteiger partial charge in [-0.1, -0.05) is 12.1 Å². The van der Waals surface area contributed by atoms with Crippen molar-refractivity contribution < 1.29 is 8.42 Å². The molecule has 0 saturated heterocycles. The van der Waals surface area contributed by atoms with Crippen LogP contribution in [0.4, 0.5) is 5.69 Å². The summed E-state index contributed by atoms with van der Waals surface area (Å²) in [6.45, 7) is 3.69. The molecule has 0 radical (unpaired) electrons. The summed E-state index contributed by atoms with van der Waals surface area (Å²) in [7, 11) is 1.36. The monoisotopic (exact) mass is 219 g/mol. The normalized spacial score (nSPS) is 11.3. The molecule has 0 heterocycles. The van der Waals surface area contributed by atoms with Crippen molar-refractivity contribution in [1.82, 2.24) is 0 Å². The highest BCUT2D eigenvalue weighted by Crippen LogP contribution is 2.18. The number of halogens is 1. The number of rotatable bonds is 2. The summed E-state index contributed by atoms with van der Waals surface area (Å²) in [4.78, 5) is 0. The molecule has 0 atom stereocenters. The van der Waals surface area contributed by atoms with Gasteiger partial charge in [0.25, 0.3) is 0 Å². The van der Waals surface area contributed by atoms with E-state index in [1.165, 1.54) is 0 Å². The molecule has 0 saturated carbocycles. The highest BCUT2D eigenvalue weighted by molar-refractivity contribution is 8.14. The zero-order chi connectivity index (χ0) is 10.1. The molecule has 0 spiro atoms. The van der Waals surface area contributed by atoms with Crippen LogP contribution in [-0.4, -0.2) is 8.42 Å². The number of nitrogens with one attached hydrogen (secondary N) is 1. The van der Waals surface area contributed by atoms with Gasteiger partial charge in [0.2, 0.25) is 0 Å². The topological polar surface area (TPSA) is 46.2 Å². The quantitative estimate of drug-likeness (QED) is 0.776. The number of benzene rings is 1. The Bertz CT molecular complexity index is 414. The lowest BCUT2D eigenvalue weighted by Gasteiger charge is -2.06. The molecule has 13 heavy (non-hydrogen) atoms. The molecule has 0 bridgehead atoms. The van der Waals surface area contributed by atoms with Gasteiger partial charge in [0.15, 0.2) is 0 Å². The Morgan fingerprint density at radius 3 is 2.46 bits per heavy atom. The summed E-state index contributed by atoms with van der Waals surface area (Å²) < 4.78 is 23.7. The van der Waals surface area contributed by atoms with Crippen molar-refractivity contribution in [3.8, 4) is 0 Å². The maximum Gasteiger partial charge on any atom is 0.319 e. The second kappa shape index (κ2) is 3.55. The van der Waals surface area contributed by atoms with E-state index in [1.807, 2.05) is 26.0 Å². The maximum absolute atomic E-state index is 10.7. The maximum atomic E-state index is 10.7. The smallest absolute Gasteiger partial charge is 0.271 e. The van der Waals surface area contributed by atoms with Crippen molar-refractivity contribution >= 4 is 25.6 Å². The SMILES string of the molecule is Cc1ccc(C)c(NS(=O)(=O)Cl)c1. The average Bonchev–Trinajstić information content (AvgIpc) is 1.94. The third-order valence-corrected chi connectivity index (χ3v) is 2.32. The fourth-order valence-corrected chi connectivity index (χ4v) is 1.71. The predicted molar refractivity (Wildman–Crippen MR) is 54.3 cm³/mol. The minimum atomic E-state index is -3.69. The van der Waals surface area contributed by atoms with Gasteiger partial charge in [0.1, 0.15) is 0 Å². The van der Waals surface area contributed by atoms with E-state index in [4.69, 9.17) is 10.7 Å². The number of hydrogen-bond donors (Lipinski definition) is 1. The van der Waals surface area contributed by atoms with Crippen molar-refractivity contribution in [2.75, 3.05) is 4.72 Å². The second-order valence-corrected chi connectivity index (χ2v) is 5.16. The zero-order valence-corrected chi connectivity index (χ0v) is 8.91. The van der Waals surface area contributed by atoms with Gasteiger partial charge < -0.3 is 0 Å². The van der Waals surface area contributed by atoms with Crippen LogP contribution in [0.3, 0.4) is 0 Å². The van der Waals surface area contributed by atoms with E-state index in [-0.39, 0.29) is 0 Å². The lowest BCUT2D eigenvalue weighted by Crippen LogP contribution is -2.05. The van der Waals surface area contributed by atoms with Crippen molar-refractivity contribution in [1.29, 1.82) is 0 Å². The molecule has 0 aromatic heterocycles. The van der Waals surface area contributed by atoms with Crippen LogP contribution in [0.2, 0.25) is 0 Å². The van der Waals surface area contributed by atoms with Crippen LogP contribution in [-0.2, 0) is 9.24 Å². The van der Waals surface area contributed by atoms with E-state index in [0.717, 1.165) is 11.1 Å². The lowest BCUT2D eigenvalue weighted by atomic mass is 10.1. The molecule has 1 N–H and O–H groups in total. The Labute approximate surface area is 82.3 Å². The van der Waals surface area contributed by atoms with E-state index in [2.05, 4.69) is 4.72 Å². The molecule has 0 unspecified atom stereocenters. The first kappa shape index (κ1) is 10.3. The van der Waals surface area contributed by atoms with Crippen LogP contribution < -0.4 is 4.72 Å². The third-order valence-electron chi connectivity index (χ3n) is 1.62. The molecule has 0 aliphatic carbocycles. The van der Waals surface area contributed by atoms with Gasteiger partial charge in [0.05, 0.1) is 5.69 Å².